The van der Waals surface area contributed by atoms with E-state index in [2.05, 4.69) is 20.3 Å². The molecule has 4 heterocycles. The lowest BCUT2D eigenvalue weighted by Crippen LogP contribution is -2.30. The maximum absolute atomic E-state index is 13.2. The number of carbonyl (C=O) groups excluding carboxylic acids is 2. The number of carbonyl (C=O) groups is 2. The van der Waals surface area contributed by atoms with Gasteiger partial charge in [-0.2, -0.15) is 5.10 Å². The number of nitrogens with two attached hydrogens (primary N) is 1. The summed E-state index contributed by atoms with van der Waals surface area (Å²) >= 11 is 3.00. The summed E-state index contributed by atoms with van der Waals surface area (Å²) in [5.74, 6) is -0.961. The molecular formula is C22H20N6O3S2. The minimum atomic E-state index is -0.547. The molecule has 0 unspecified atom stereocenters. The van der Waals surface area contributed by atoms with E-state index >= 15 is 0 Å². The Balaban J connectivity index is 1.48. The van der Waals surface area contributed by atoms with Gasteiger partial charge in [0, 0.05) is 24.3 Å². The molecule has 3 N–H and O–H groups in total. The van der Waals surface area contributed by atoms with Gasteiger partial charge in [0.2, 0.25) is 11.8 Å². The van der Waals surface area contributed by atoms with E-state index in [1.54, 1.807) is 12.1 Å². The average molecular weight is 481 g/mol. The van der Waals surface area contributed by atoms with Crippen LogP contribution in [-0.4, -0.2) is 39.7 Å². The molecule has 1 fully saturated rings. The summed E-state index contributed by atoms with van der Waals surface area (Å²) in [5.41, 5.74) is 6.66. The molecular weight excluding hydrogens is 460 g/mol. The van der Waals surface area contributed by atoms with Gasteiger partial charge in [-0.25, -0.2) is 9.67 Å². The Hall–Kier alpha value is -3.57. The molecule has 0 spiro atoms. The zero-order valence-electron chi connectivity index (χ0n) is 17.5. The highest BCUT2D eigenvalue weighted by atomic mass is 32.1. The SMILES string of the molecule is NC(=O)c1ccc(NC(=O)Cn2nc(-c3cccs3)c3sc(N4CCCC4)nc3c2=O)cc1. The minimum Gasteiger partial charge on any atom is -0.366 e. The third-order valence-electron chi connectivity index (χ3n) is 5.37. The predicted molar refractivity (Wildman–Crippen MR) is 130 cm³/mol. The highest BCUT2D eigenvalue weighted by Crippen LogP contribution is 2.36. The number of thiophene rings is 1. The zero-order valence-corrected chi connectivity index (χ0v) is 19.1. The lowest BCUT2D eigenvalue weighted by Gasteiger charge is -2.11. The normalized spacial score (nSPS) is 13.5. The van der Waals surface area contributed by atoms with Gasteiger partial charge >= 0.3 is 0 Å². The van der Waals surface area contributed by atoms with Crippen molar-refractivity contribution in [3.8, 4) is 10.6 Å². The first kappa shape index (κ1) is 21.3. The van der Waals surface area contributed by atoms with Gasteiger partial charge in [0.15, 0.2) is 10.6 Å². The highest BCUT2D eigenvalue weighted by Gasteiger charge is 2.23. The lowest BCUT2D eigenvalue weighted by atomic mass is 10.2. The predicted octanol–water partition coefficient (Wildman–Crippen LogP) is 2.92. The van der Waals surface area contributed by atoms with Crippen LogP contribution in [0.2, 0.25) is 0 Å². The summed E-state index contributed by atoms with van der Waals surface area (Å²) in [4.78, 5) is 44.8. The van der Waals surface area contributed by atoms with Crippen molar-refractivity contribution in [3.05, 3.63) is 57.7 Å². The Labute approximate surface area is 196 Å². The number of hydrogen-bond donors (Lipinski definition) is 2. The van der Waals surface area contributed by atoms with Crippen molar-refractivity contribution >= 4 is 55.5 Å². The molecule has 0 bridgehead atoms. The van der Waals surface area contributed by atoms with Crippen LogP contribution in [0.3, 0.4) is 0 Å². The van der Waals surface area contributed by atoms with E-state index in [1.165, 1.54) is 34.8 Å². The van der Waals surface area contributed by atoms with Crippen molar-refractivity contribution in [2.45, 2.75) is 19.4 Å². The number of anilines is 2. The van der Waals surface area contributed by atoms with Gasteiger partial charge in [0.1, 0.15) is 12.2 Å². The standard InChI is InChI=1S/C22H20N6O3S2/c23-20(30)13-5-7-14(8-6-13)24-16(29)12-28-21(31)18-19(17(26-28)15-4-3-11-32-15)33-22(25-18)27-9-1-2-10-27/h3-8,11H,1-2,9-10,12H2,(H2,23,30)(H,24,29). The Bertz CT molecular complexity index is 1390. The van der Waals surface area contributed by atoms with Gasteiger partial charge < -0.3 is 16.0 Å². The third kappa shape index (κ3) is 4.24. The molecule has 1 aliphatic heterocycles. The van der Waals surface area contributed by atoms with Crippen molar-refractivity contribution in [2.24, 2.45) is 5.73 Å². The van der Waals surface area contributed by atoms with E-state index < -0.39 is 17.4 Å². The zero-order chi connectivity index (χ0) is 22.9. The minimum absolute atomic E-state index is 0.263. The molecule has 0 radical (unpaired) electrons. The second-order valence-electron chi connectivity index (χ2n) is 7.65. The molecule has 1 saturated heterocycles. The Kier molecular flexibility index (Phi) is 5.65. The van der Waals surface area contributed by atoms with Crippen molar-refractivity contribution in [3.63, 3.8) is 0 Å². The van der Waals surface area contributed by atoms with E-state index in [1.807, 2.05) is 17.5 Å². The van der Waals surface area contributed by atoms with Gasteiger partial charge in [-0.05, 0) is 48.6 Å². The topological polar surface area (TPSA) is 123 Å². The number of amides is 2. The summed E-state index contributed by atoms with van der Waals surface area (Å²) in [6.45, 7) is 1.58. The molecule has 5 rings (SSSR count). The molecule has 9 nitrogen and oxygen atoms in total. The highest BCUT2D eigenvalue weighted by molar-refractivity contribution is 7.23. The number of primary amides is 1. The number of thiazole rings is 1. The fourth-order valence-electron chi connectivity index (χ4n) is 3.73. The van der Waals surface area contributed by atoms with E-state index in [-0.39, 0.29) is 6.54 Å². The number of nitrogens with zero attached hydrogens (tertiary/aromatic N) is 4. The van der Waals surface area contributed by atoms with E-state index in [9.17, 15) is 14.4 Å². The second-order valence-corrected chi connectivity index (χ2v) is 9.57. The summed E-state index contributed by atoms with van der Waals surface area (Å²) < 4.78 is 1.90. The van der Waals surface area contributed by atoms with Crippen molar-refractivity contribution in [1.29, 1.82) is 0 Å². The summed E-state index contributed by atoms with van der Waals surface area (Å²) in [5, 5.41) is 10.0. The molecule has 0 aliphatic carbocycles. The molecule has 1 aliphatic rings. The van der Waals surface area contributed by atoms with Gasteiger partial charge in [0.05, 0.1) is 9.58 Å². The first-order valence-electron chi connectivity index (χ1n) is 10.4. The molecule has 168 valence electrons. The van der Waals surface area contributed by atoms with Crippen LogP contribution in [0, 0.1) is 0 Å². The first-order chi connectivity index (χ1) is 16.0. The van der Waals surface area contributed by atoms with Gasteiger partial charge in [-0.15, -0.1) is 11.3 Å². The van der Waals surface area contributed by atoms with Crippen molar-refractivity contribution in [2.75, 3.05) is 23.3 Å². The Morgan fingerprint density at radius 3 is 2.55 bits per heavy atom. The number of nitrogens with one attached hydrogen (secondary N) is 1. The largest absolute Gasteiger partial charge is 0.366 e. The van der Waals surface area contributed by atoms with Crippen LogP contribution in [0.25, 0.3) is 20.8 Å². The second kappa shape index (κ2) is 8.75. The smallest absolute Gasteiger partial charge is 0.294 e. The monoisotopic (exact) mass is 480 g/mol. The Morgan fingerprint density at radius 1 is 1.12 bits per heavy atom. The molecule has 0 atom stereocenters. The van der Waals surface area contributed by atoms with E-state index in [0.29, 0.717) is 22.5 Å². The van der Waals surface area contributed by atoms with Gasteiger partial charge in [0.25, 0.3) is 5.56 Å². The number of rotatable bonds is 6. The maximum Gasteiger partial charge on any atom is 0.294 e. The van der Waals surface area contributed by atoms with Crippen LogP contribution < -0.4 is 21.5 Å². The number of aromatic nitrogens is 3. The van der Waals surface area contributed by atoms with Crippen molar-refractivity contribution in [1.82, 2.24) is 14.8 Å². The molecule has 1 aromatic carbocycles. The summed E-state index contributed by atoms with van der Waals surface area (Å²) in [7, 11) is 0. The van der Waals surface area contributed by atoms with Crippen LogP contribution in [-0.2, 0) is 11.3 Å². The molecule has 11 heteroatoms. The molecule has 0 saturated carbocycles. The summed E-state index contributed by atoms with van der Waals surface area (Å²) in [6.07, 6.45) is 2.22. The third-order valence-corrected chi connectivity index (χ3v) is 7.37. The molecule has 33 heavy (non-hydrogen) atoms. The molecule has 4 aromatic rings. The average Bonchev–Trinajstić information content (AvgIpc) is 3.57. The summed E-state index contributed by atoms with van der Waals surface area (Å²) in [6, 6.07) is 10.1. The van der Waals surface area contributed by atoms with E-state index in [0.717, 1.165) is 45.3 Å². The van der Waals surface area contributed by atoms with Gasteiger partial charge in [-0.1, -0.05) is 17.4 Å². The van der Waals surface area contributed by atoms with Crippen LogP contribution in [0.15, 0.2) is 46.6 Å². The number of hydrogen-bond acceptors (Lipinski definition) is 8. The van der Waals surface area contributed by atoms with Gasteiger partial charge in [-0.3, -0.25) is 14.4 Å². The quantitative estimate of drug-likeness (QED) is 0.437. The maximum atomic E-state index is 13.2. The fourth-order valence-corrected chi connectivity index (χ4v) is 5.62. The van der Waals surface area contributed by atoms with Crippen LogP contribution >= 0.6 is 22.7 Å². The van der Waals surface area contributed by atoms with Crippen LogP contribution in [0.4, 0.5) is 10.8 Å². The van der Waals surface area contributed by atoms with Crippen LogP contribution in [0.5, 0.6) is 0 Å². The van der Waals surface area contributed by atoms with E-state index in [4.69, 9.17) is 5.73 Å². The van der Waals surface area contributed by atoms with Crippen molar-refractivity contribution < 1.29 is 9.59 Å². The Morgan fingerprint density at radius 2 is 1.88 bits per heavy atom. The first-order valence-corrected chi connectivity index (χ1v) is 12.1. The molecule has 2 amide bonds. The molecule has 3 aromatic heterocycles. The number of benzene rings is 1. The fraction of sp³-hybridized carbons (Fsp3) is 0.227. The number of fused-ring (bicyclic) bond motifs is 1. The lowest BCUT2D eigenvalue weighted by molar-refractivity contribution is -0.117. The van der Waals surface area contributed by atoms with Crippen LogP contribution in [0.1, 0.15) is 23.2 Å².